The standard InChI is InChI=1S/C19H20N4O5/c1-19(2,3)28-18(25)22-12-6-5-11(9-14(12)26-4)27-13-7-8-20-17-16(13)21-10-15(24)23-17/h5-10H,1-4H3,(H,22,25)(H,20,23,24). The molecule has 0 fully saturated rings. The number of carbonyl (C=O) groups excluding carboxylic acids is 1. The second-order valence-electron chi connectivity index (χ2n) is 6.84. The molecule has 0 saturated heterocycles. The molecule has 0 spiro atoms. The van der Waals surface area contributed by atoms with Gasteiger partial charge in [-0.2, -0.15) is 0 Å². The number of H-pyrrole nitrogens is 1. The third-order valence-corrected chi connectivity index (χ3v) is 3.48. The first-order valence-corrected chi connectivity index (χ1v) is 8.45. The lowest BCUT2D eigenvalue weighted by atomic mass is 10.2. The number of benzene rings is 1. The lowest BCUT2D eigenvalue weighted by molar-refractivity contribution is 0.0635. The Hall–Kier alpha value is -3.62. The lowest BCUT2D eigenvalue weighted by Crippen LogP contribution is -2.27. The third kappa shape index (κ3) is 4.56. The van der Waals surface area contributed by atoms with Crippen LogP contribution in [0.5, 0.6) is 17.2 Å². The molecular formula is C19H20N4O5. The number of carbonyl (C=O) groups is 1. The van der Waals surface area contributed by atoms with Crippen LogP contribution >= 0.6 is 0 Å². The minimum absolute atomic E-state index is 0.320. The van der Waals surface area contributed by atoms with Crippen LogP contribution in [0.4, 0.5) is 10.5 Å². The first-order valence-electron chi connectivity index (χ1n) is 8.45. The summed E-state index contributed by atoms with van der Waals surface area (Å²) < 4.78 is 16.4. The van der Waals surface area contributed by atoms with E-state index in [-0.39, 0.29) is 5.56 Å². The van der Waals surface area contributed by atoms with E-state index in [2.05, 4.69) is 20.3 Å². The largest absolute Gasteiger partial charge is 0.494 e. The quantitative estimate of drug-likeness (QED) is 0.707. The summed E-state index contributed by atoms with van der Waals surface area (Å²) in [5.41, 5.74) is 0.205. The summed E-state index contributed by atoms with van der Waals surface area (Å²) in [4.78, 5) is 34.1. The maximum Gasteiger partial charge on any atom is 0.412 e. The maximum absolute atomic E-state index is 12.0. The number of ether oxygens (including phenoxy) is 3. The third-order valence-electron chi connectivity index (χ3n) is 3.48. The van der Waals surface area contributed by atoms with Gasteiger partial charge in [0.1, 0.15) is 22.6 Å². The van der Waals surface area contributed by atoms with Gasteiger partial charge in [0.15, 0.2) is 11.4 Å². The molecule has 0 bridgehead atoms. The molecule has 2 N–H and O–H groups in total. The highest BCUT2D eigenvalue weighted by atomic mass is 16.6. The van der Waals surface area contributed by atoms with Crippen molar-refractivity contribution in [3.8, 4) is 17.2 Å². The fourth-order valence-electron chi connectivity index (χ4n) is 2.39. The average Bonchev–Trinajstić information content (AvgIpc) is 2.61. The van der Waals surface area contributed by atoms with Crippen LogP contribution in [-0.2, 0) is 4.74 Å². The molecule has 0 radical (unpaired) electrons. The van der Waals surface area contributed by atoms with Crippen molar-refractivity contribution in [1.82, 2.24) is 15.0 Å². The van der Waals surface area contributed by atoms with Crippen LogP contribution in [0.25, 0.3) is 11.2 Å². The zero-order chi connectivity index (χ0) is 20.3. The van der Waals surface area contributed by atoms with E-state index in [9.17, 15) is 9.59 Å². The Bertz CT molecular complexity index is 1070. The second-order valence-corrected chi connectivity index (χ2v) is 6.84. The van der Waals surface area contributed by atoms with Gasteiger partial charge >= 0.3 is 6.09 Å². The van der Waals surface area contributed by atoms with E-state index < -0.39 is 11.7 Å². The van der Waals surface area contributed by atoms with E-state index in [1.807, 2.05) is 0 Å². The van der Waals surface area contributed by atoms with Gasteiger partial charge in [-0.3, -0.25) is 10.1 Å². The molecule has 0 aliphatic heterocycles. The number of anilines is 1. The molecule has 1 aromatic carbocycles. The van der Waals surface area contributed by atoms with Crippen LogP contribution in [0.3, 0.4) is 0 Å². The highest BCUT2D eigenvalue weighted by Gasteiger charge is 2.18. The molecule has 9 nitrogen and oxygen atoms in total. The number of pyridine rings is 1. The van der Waals surface area contributed by atoms with Crippen molar-refractivity contribution in [2.75, 3.05) is 12.4 Å². The van der Waals surface area contributed by atoms with Gasteiger partial charge < -0.3 is 19.2 Å². The van der Waals surface area contributed by atoms with Gasteiger partial charge in [0, 0.05) is 18.3 Å². The summed E-state index contributed by atoms with van der Waals surface area (Å²) >= 11 is 0. The van der Waals surface area contributed by atoms with E-state index in [1.54, 1.807) is 45.0 Å². The molecule has 146 valence electrons. The maximum atomic E-state index is 12.0. The number of aromatic amines is 1. The fraction of sp³-hybridized carbons (Fsp3) is 0.263. The Morgan fingerprint density at radius 1 is 1.14 bits per heavy atom. The number of nitrogens with zero attached hydrogens (tertiary/aromatic N) is 2. The molecule has 2 heterocycles. The van der Waals surface area contributed by atoms with Crippen molar-refractivity contribution < 1.29 is 19.0 Å². The molecule has 0 aliphatic rings. The number of nitrogens with one attached hydrogen (secondary N) is 2. The predicted molar refractivity (Wildman–Crippen MR) is 103 cm³/mol. The normalized spacial score (nSPS) is 11.1. The van der Waals surface area contributed by atoms with Crippen LogP contribution in [-0.4, -0.2) is 33.8 Å². The number of aromatic nitrogens is 3. The van der Waals surface area contributed by atoms with Gasteiger partial charge in [-0.05, 0) is 32.9 Å². The molecule has 3 rings (SSSR count). The molecule has 1 amide bonds. The molecule has 0 aliphatic carbocycles. The first-order chi connectivity index (χ1) is 13.2. The summed E-state index contributed by atoms with van der Waals surface area (Å²) in [5, 5.41) is 2.64. The zero-order valence-electron chi connectivity index (χ0n) is 15.9. The molecule has 3 aromatic rings. The van der Waals surface area contributed by atoms with Crippen molar-refractivity contribution in [2.45, 2.75) is 26.4 Å². The topological polar surface area (TPSA) is 115 Å². The van der Waals surface area contributed by atoms with Crippen LogP contribution in [0.15, 0.2) is 41.5 Å². The van der Waals surface area contributed by atoms with Crippen LogP contribution in [0, 0.1) is 0 Å². The van der Waals surface area contributed by atoms with Crippen molar-refractivity contribution in [3.05, 3.63) is 47.0 Å². The van der Waals surface area contributed by atoms with E-state index in [0.717, 1.165) is 6.20 Å². The molecular weight excluding hydrogens is 364 g/mol. The number of amides is 1. The summed E-state index contributed by atoms with van der Waals surface area (Å²) in [6.45, 7) is 5.34. The molecule has 0 unspecified atom stereocenters. The average molecular weight is 384 g/mol. The minimum Gasteiger partial charge on any atom is -0.494 e. The zero-order valence-corrected chi connectivity index (χ0v) is 15.9. The predicted octanol–water partition coefficient (Wildman–Crippen LogP) is 3.47. The Balaban J connectivity index is 1.85. The molecule has 28 heavy (non-hydrogen) atoms. The first kappa shape index (κ1) is 19.2. The minimum atomic E-state index is -0.614. The monoisotopic (exact) mass is 384 g/mol. The van der Waals surface area contributed by atoms with E-state index in [1.165, 1.54) is 13.3 Å². The number of hydrogen-bond donors (Lipinski definition) is 2. The Morgan fingerprint density at radius 2 is 1.93 bits per heavy atom. The molecule has 0 saturated carbocycles. The van der Waals surface area contributed by atoms with Gasteiger partial charge in [-0.25, -0.2) is 14.8 Å². The van der Waals surface area contributed by atoms with Gasteiger partial charge in [0.25, 0.3) is 5.56 Å². The van der Waals surface area contributed by atoms with Crippen molar-refractivity contribution in [1.29, 1.82) is 0 Å². The van der Waals surface area contributed by atoms with E-state index in [4.69, 9.17) is 14.2 Å². The van der Waals surface area contributed by atoms with Gasteiger partial charge in [0.2, 0.25) is 0 Å². The summed E-state index contributed by atoms with van der Waals surface area (Å²) in [7, 11) is 1.48. The highest BCUT2D eigenvalue weighted by Crippen LogP contribution is 2.33. The summed E-state index contributed by atoms with van der Waals surface area (Å²) in [6.07, 6.45) is 2.07. The summed E-state index contributed by atoms with van der Waals surface area (Å²) in [6, 6.07) is 6.54. The van der Waals surface area contributed by atoms with E-state index in [0.29, 0.717) is 34.1 Å². The van der Waals surface area contributed by atoms with Crippen molar-refractivity contribution in [2.24, 2.45) is 0 Å². The Kier molecular flexibility index (Phi) is 5.16. The Morgan fingerprint density at radius 3 is 2.64 bits per heavy atom. The van der Waals surface area contributed by atoms with Crippen LogP contribution in [0.2, 0.25) is 0 Å². The number of fused-ring (bicyclic) bond motifs is 1. The van der Waals surface area contributed by atoms with E-state index >= 15 is 0 Å². The van der Waals surface area contributed by atoms with Gasteiger partial charge in [0.05, 0.1) is 19.0 Å². The highest BCUT2D eigenvalue weighted by molar-refractivity contribution is 5.87. The molecule has 2 aromatic heterocycles. The summed E-state index contributed by atoms with van der Waals surface area (Å²) in [5.74, 6) is 1.26. The van der Waals surface area contributed by atoms with Gasteiger partial charge in [-0.15, -0.1) is 0 Å². The van der Waals surface area contributed by atoms with Crippen molar-refractivity contribution in [3.63, 3.8) is 0 Å². The van der Waals surface area contributed by atoms with Gasteiger partial charge in [-0.1, -0.05) is 0 Å². The number of rotatable bonds is 4. The Labute approximate surface area is 160 Å². The van der Waals surface area contributed by atoms with Crippen molar-refractivity contribution >= 4 is 22.9 Å². The second kappa shape index (κ2) is 7.55. The van der Waals surface area contributed by atoms with Crippen LogP contribution < -0.4 is 20.3 Å². The number of hydrogen-bond acceptors (Lipinski definition) is 7. The molecule has 9 heteroatoms. The fourth-order valence-corrected chi connectivity index (χ4v) is 2.39. The number of methoxy groups -OCH3 is 1. The lowest BCUT2D eigenvalue weighted by Gasteiger charge is -2.20. The molecule has 0 atom stereocenters. The smallest absolute Gasteiger partial charge is 0.412 e. The SMILES string of the molecule is COc1cc(Oc2ccnc3[nH]c(=O)cnc23)ccc1NC(=O)OC(C)(C)C. The van der Waals surface area contributed by atoms with Crippen LogP contribution in [0.1, 0.15) is 20.8 Å².